The highest BCUT2D eigenvalue weighted by atomic mass is 15.6. The summed E-state index contributed by atoms with van der Waals surface area (Å²) in [5.74, 6) is 3.61. The summed E-state index contributed by atoms with van der Waals surface area (Å²) in [5, 5.41) is 6.85. The van der Waals surface area contributed by atoms with Crippen molar-refractivity contribution in [3.63, 3.8) is 0 Å². The Morgan fingerprint density at radius 3 is 2.32 bits per heavy atom. The lowest BCUT2D eigenvalue weighted by Crippen LogP contribution is -2.64. The van der Waals surface area contributed by atoms with Gasteiger partial charge in [-0.1, -0.05) is 72.5 Å². The van der Waals surface area contributed by atoms with Gasteiger partial charge in [0.2, 0.25) is 16.9 Å². The summed E-state index contributed by atoms with van der Waals surface area (Å²) in [7, 11) is 3.95. The fourth-order valence-corrected chi connectivity index (χ4v) is 11.1. The van der Waals surface area contributed by atoms with Crippen molar-refractivity contribution >= 4 is 11.4 Å². The van der Waals surface area contributed by atoms with Gasteiger partial charge < -0.3 is 0 Å². The minimum atomic E-state index is -0.600. The molecule has 71 heavy (non-hydrogen) atoms. The van der Waals surface area contributed by atoms with E-state index in [-0.39, 0.29) is 17.9 Å². The van der Waals surface area contributed by atoms with E-state index >= 15 is 0 Å². The summed E-state index contributed by atoms with van der Waals surface area (Å²) in [6.07, 6.45) is 13.2. The van der Waals surface area contributed by atoms with E-state index in [1.54, 1.807) is 7.05 Å². The van der Waals surface area contributed by atoms with Crippen molar-refractivity contribution in [2.75, 3.05) is 19.1 Å². The molecular weight excluding hydrogens is 875 g/mol. The Morgan fingerprint density at radius 2 is 1.62 bits per heavy atom. The molecule has 8 rings (SSSR count). The third-order valence-electron chi connectivity index (χ3n) is 14.6. The molecule has 3 aromatic carbocycles. The molecule has 0 radical (unpaired) electrons. The van der Waals surface area contributed by atoms with Crippen LogP contribution in [-0.2, 0) is 5.54 Å². The number of anilines is 1. The van der Waals surface area contributed by atoms with Crippen LogP contribution in [0.1, 0.15) is 115 Å². The number of aryl methyl sites for hydroxylation is 4. The van der Waals surface area contributed by atoms with E-state index in [0.717, 1.165) is 69.5 Å². The first-order valence-electron chi connectivity index (χ1n) is 25.2. The minimum absolute atomic E-state index is 0.0413. The van der Waals surface area contributed by atoms with Gasteiger partial charge in [0.1, 0.15) is 16.9 Å². The fraction of sp³-hybridized carbons (Fsp3) is 0.383. The number of allylic oxidation sites excluding steroid dienone is 6. The Labute approximate surface area is 423 Å². The number of para-hydroxylation sites is 3. The Balaban J connectivity index is 1.24. The number of likely N-dealkylation sites (N-methyl/N-ethyl adjacent to an activating group) is 1. The molecule has 1 saturated heterocycles. The molecule has 0 bridgehead atoms. The number of aliphatic imine (C=N–C) groups is 1. The summed E-state index contributed by atoms with van der Waals surface area (Å²) in [4.78, 5) is 15.0. The quantitative estimate of drug-likeness (QED) is 0.0814. The maximum absolute atomic E-state index is 5.64. The molecule has 2 aromatic heterocycles. The molecule has 4 heterocycles. The van der Waals surface area contributed by atoms with Gasteiger partial charge in [-0.15, -0.1) is 14.0 Å². The van der Waals surface area contributed by atoms with E-state index in [9.17, 15) is 0 Å². The third-order valence-corrected chi connectivity index (χ3v) is 14.6. The minimum Gasteiger partial charge on any atom is -0.284 e. The average molecular weight is 948 g/mol. The number of fused-ring (bicyclic) bond motifs is 1. The van der Waals surface area contributed by atoms with Crippen molar-refractivity contribution < 1.29 is 9.36 Å². The highest BCUT2D eigenvalue weighted by molar-refractivity contribution is 5.83. The van der Waals surface area contributed by atoms with Crippen LogP contribution < -0.4 is 19.8 Å². The van der Waals surface area contributed by atoms with Gasteiger partial charge >= 0.3 is 12.2 Å². The second-order valence-corrected chi connectivity index (χ2v) is 20.0. The first-order valence-corrected chi connectivity index (χ1v) is 25.2. The average Bonchev–Trinajstić information content (AvgIpc) is 4.02. The van der Waals surface area contributed by atoms with Gasteiger partial charge in [-0.3, -0.25) is 10.0 Å². The number of hydrogen-bond acceptors (Lipinski definition) is 5. The van der Waals surface area contributed by atoms with E-state index in [1.807, 2.05) is 6.07 Å². The lowest BCUT2D eigenvalue weighted by molar-refractivity contribution is -0.832. The normalized spacial score (nSPS) is 20.7. The summed E-state index contributed by atoms with van der Waals surface area (Å²) in [6.45, 7) is 26.2. The second kappa shape index (κ2) is 20.6. The van der Waals surface area contributed by atoms with Gasteiger partial charge in [0.25, 0.3) is 13.1 Å². The molecule has 0 spiro atoms. The summed E-state index contributed by atoms with van der Waals surface area (Å²) < 4.78 is 9.28. The SMILES string of the molecule is CCC=C(C)N1NC(C)(C#[N+]C(c2ccccc2N2C(C)=CC(C)N2C)[n+]2c(C)cc(C)n2-c2ccccc2C#CN=C(C)CC(C)(C(C)C#[N+]C)[n+]2c(C)cc(C)n2-c2ccccc2)C2CC=CC=C21. The van der Waals surface area contributed by atoms with Gasteiger partial charge in [0.15, 0.2) is 11.5 Å². The van der Waals surface area contributed by atoms with Crippen LogP contribution >= 0.6 is 0 Å². The van der Waals surface area contributed by atoms with Crippen molar-refractivity contribution in [1.29, 1.82) is 0 Å². The van der Waals surface area contributed by atoms with Gasteiger partial charge in [-0.05, 0) is 127 Å². The molecular formula is C60H73N11+4. The fourth-order valence-electron chi connectivity index (χ4n) is 11.1. The van der Waals surface area contributed by atoms with E-state index in [1.165, 1.54) is 17.1 Å². The lowest BCUT2D eigenvalue weighted by Gasteiger charge is -2.31. The van der Waals surface area contributed by atoms with Crippen LogP contribution in [0.4, 0.5) is 5.69 Å². The van der Waals surface area contributed by atoms with Crippen LogP contribution in [0.2, 0.25) is 0 Å². The highest BCUT2D eigenvalue weighted by Crippen LogP contribution is 2.42. The largest absolute Gasteiger partial charge is 0.507 e. The Kier molecular flexibility index (Phi) is 14.6. The maximum Gasteiger partial charge on any atom is 0.507 e. The van der Waals surface area contributed by atoms with Crippen LogP contribution in [0, 0.1) is 63.6 Å². The highest BCUT2D eigenvalue weighted by Gasteiger charge is 2.52. The molecule has 11 nitrogen and oxygen atoms in total. The monoisotopic (exact) mass is 948 g/mol. The van der Waals surface area contributed by atoms with Crippen molar-refractivity contribution in [3.05, 3.63) is 182 Å². The predicted octanol–water partition coefficient (Wildman–Crippen LogP) is 11.4. The molecule has 1 fully saturated rings. The molecule has 6 atom stereocenters. The number of rotatable bonds is 11. The van der Waals surface area contributed by atoms with Gasteiger partial charge in [-0.25, -0.2) is 15.4 Å². The van der Waals surface area contributed by atoms with Gasteiger partial charge in [0.05, 0.1) is 29.1 Å². The van der Waals surface area contributed by atoms with Gasteiger partial charge in [-0.2, -0.15) is 0 Å². The first-order chi connectivity index (χ1) is 34.0. The van der Waals surface area contributed by atoms with Gasteiger partial charge in [0, 0.05) is 85.6 Å². The second-order valence-electron chi connectivity index (χ2n) is 20.0. The lowest BCUT2D eigenvalue weighted by atomic mass is 9.82. The number of hydrazine groups is 2. The first kappa shape index (κ1) is 50.2. The molecule has 5 aromatic rings. The van der Waals surface area contributed by atoms with Crippen molar-refractivity contribution in [2.45, 2.75) is 126 Å². The summed E-state index contributed by atoms with van der Waals surface area (Å²) >= 11 is 0. The van der Waals surface area contributed by atoms with Crippen molar-refractivity contribution in [1.82, 2.24) is 24.8 Å². The van der Waals surface area contributed by atoms with Crippen LogP contribution in [-0.4, -0.2) is 50.8 Å². The molecule has 1 N–H and O–H groups in total. The third kappa shape index (κ3) is 9.55. The molecule has 3 aliphatic rings. The van der Waals surface area contributed by atoms with E-state index < -0.39 is 17.2 Å². The number of nitrogens with one attached hydrogen (secondary N) is 1. The number of nitrogens with zero attached hydrogens (tertiary/aromatic N) is 10. The maximum atomic E-state index is 5.64. The topological polar surface area (TPSA) is 60.5 Å². The molecule has 0 saturated carbocycles. The summed E-state index contributed by atoms with van der Waals surface area (Å²) in [6, 6.07) is 42.7. The summed E-state index contributed by atoms with van der Waals surface area (Å²) in [5.41, 5.74) is 16.7. The van der Waals surface area contributed by atoms with Crippen LogP contribution in [0.3, 0.4) is 0 Å². The van der Waals surface area contributed by atoms with Crippen molar-refractivity contribution in [2.24, 2.45) is 16.8 Å². The van der Waals surface area contributed by atoms with E-state index in [0.29, 0.717) is 6.42 Å². The molecule has 364 valence electrons. The standard InChI is InChI=1S/C60H73N11/c1-15-25-44(4)66-57-33-24-21-30-54(57)59(11,64-66)41-63-58(53-29-20-23-32-56(53)68-47(7)36-45(5)65(68)14)70-49(9)37-48(8)69(70)55-31-22-19-26-51(55)34-35-62-43(3)39-60(12,42(2)40-61-13)71-50(10)38-46(6)67(71)52-27-17-16-18-28-52/h16-29,31-33,36-38,42,45,54,58,64H,15,30,39H2,1-14H3/q+4. The predicted molar refractivity (Wildman–Crippen MR) is 290 cm³/mol. The molecule has 6 unspecified atom stereocenters. The Morgan fingerprint density at radius 1 is 0.944 bits per heavy atom. The molecule has 0 amide bonds. The molecule has 11 heteroatoms. The zero-order chi connectivity index (χ0) is 50.8. The van der Waals surface area contributed by atoms with Crippen LogP contribution in [0.15, 0.2) is 143 Å². The zero-order valence-corrected chi connectivity index (χ0v) is 44.4. The Hall–Kier alpha value is -7.23. The molecule has 1 aliphatic carbocycles. The van der Waals surface area contributed by atoms with Crippen LogP contribution in [0.5, 0.6) is 0 Å². The number of hydrogen-bond donors (Lipinski definition) is 1. The zero-order valence-electron chi connectivity index (χ0n) is 44.4. The Bertz CT molecular complexity index is 3180. The number of aromatic nitrogens is 4. The molecule has 2 aliphatic heterocycles. The smallest absolute Gasteiger partial charge is 0.284 e. The number of benzene rings is 3. The van der Waals surface area contributed by atoms with E-state index in [4.69, 9.17) is 9.84 Å². The van der Waals surface area contributed by atoms with E-state index in [2.05, 4.69) is 274 Å². The van der Waals surface area contributed by atoms with Crippen LogP contribution in [0.25, 0.3) is 21.1 Å². The van der Waals surface area contributed by atoms with Crippen molar-refractivity contribution in [3.8, 4) is 35.5 Å².